The number of benzene rings is 1. The van der Waals surface area contributed by atoms with Crippen molar-refractivity contribution in [2.24, 2.45) is 0 Å². The molecule has 0 radical (unpaired) electrons. The third-order valence-corrected chi connectivity index (χ3v) is 3.93. The van der Waals surface area contributed by atoms with Gasteiger partial charge in [-0.25, -0.2) is 0 Å². The minimum atomic E-state index is 0.868. The van der Waals surface area contributed by atoms with Gasteiger partial charge in [-0.05, 0) is 24.0 Å². The van der Waals surface area contributed by atoms with Gasteiger partial charge in [-0.3, -0.25) is 0 Å². The largest absolute Gasteiger partial charge is 0.175 e. The molecule has 18 heavy (non-hydrogen) atoms. The van der Waals surface area contributed by atoms with Crippen LogP contribution in [0.5, 0.6) is 0 Å². The van der Waals surface area contributed by atoms with Gasteiger partial charge in [0.15, 0.2) is 0 Å². The SMILES string of the molecule is CCCCCCCCCCc1ccccc1CS. The fourth-order valence-corrected chi connectivity index (χ4v) is 2.71. The van der Waals surface area contributed by atoms with Crippen LogP contribution in [0.3, 0.4) is 0 Å². The van der Waals surface area contributed by atoms with Gasteiger partial charge in [0.2, 0.25) is 0 Å². The number of unbranched alkanes of at least 4 members (excludes halogenated alkanes) is 7. The van der Waals surface area contributed by atoms with Crippen molar-refractivity contribution in [3.63, 3.8) is 0 Å². The van der Waals surface area contributed by atoms with Crippen molar-refractivity contribution in [1.82, 2.24) is 0 Å². The quantitative estimate of drug-likeness (QED) is 0.401. The van der Waals surface area contributed by atoms with Gasteiger partial charge >= 0.3 is 0 Å². The first-order valence-electron chi connectivity index (χ1n) is 7.56. The van der Waals surface area contributed by atoms with Crippen molar-refractivity contribution < 1.29 is 0 Å². The molecular formula is C17H28S. The normalized spacial score (nSPS) is 10.8. The van der Waals surface area contributed by atoms with E-state index < -0.39 is 0 Å². The second kappa shape index (κ2) is 10.5. The highest BCUT2D eigenvalue weighted by Gasteiger charge is 1.99. The summed E-state index contributed by atoms with van der Waals surface area (Å²) in [6.45, 7) is 2.28. The van der Waals surface area contributed by atoms with Crippen LogP contribution < -0.4 is 0 Å². The van der Waals surface area contributed by atoms with Crippen LogP contribution in [0.4, 0.5) is 0 Å². The molecule has 102 valence electrons. The van der Waals surface area contributed by atoms with Gasteiger partial charge in [-0.15, -0.1) is 0 Å². The molecule has 0 nitrogen and oxygen atoms in total. The van der Waals surface area contributed by atoms with Crippen molar-refractivity contribution in [1.29, 1.82) is 0 Å². The molecule has 0 fully saturated rings. The molecule has 0 unspecified atom stereocenters. The predicted molar refractivity (Wildman–Crippen MR) is 85.4 cm³/mol. The molecule has 0 aromatic heterocycles. The van der Waals surface area contributed by atoms with Crippen LogP contribution in [0.15, 0.2) is 24.3 Å². The van der Waals surface area contributed by atoms with E-state index in [9.17, 15) is 0 Å². The van der Waals surface area contributed by atoms with Gasteiger partial charge in [0.25, 0.3) is 0 Å². The van der Waals surface area contributed by atoms with E-state index in [1.54, 1.807) is 0 Å². The smallest absolute Gasteiger partial charge is 0.0157 e. The zero-order valence-electron chi connectivity index (χ0n) is 11.8. The fourth-order valence-electron chi connectivity index (χ4n) is 2.40. The molecule has 0 atom stereocenters. The van der Waals surface area contributed by atoms with E-state index in [-0.39, 0.29) is 0 Å². The average molecular weight is 264 g/mol. The van der Waals surface area contributed by atoms with Crippen LogP contribution in [-0.2, 0) is 12.2 Å². The highest BCUT2D eigenvalue weighted by Crippen LogP contribution is 2.15. The standard InChI is InChI=1S/C17H28S/c1-2-3-4-5-6-7-8-9-12-16-13-10-11-14-17(16)15-18/h10-11,13-14,18H,2-9,12,15H2,1H3. The highest BCUT2D eigenvalue weighted by atomic mass is 32.1. The summed E-state index contributed by atoms with van der Waals surface area (Å²) in [5.41, 5.74) is 2.90. The van der Waals surface area contributed by atoms with Gasteiger partial charge in [0.05, 0.1) is 0 Å². The van der Waals surface area contributed by atoms with Crippen LogP contribution in [-0.4, -0.2) is 0 Å². The molecular weight excluding hydrogens is 236 g/mol. The second-order valence-corrected chi connectivity index (χ2v) is 5.47. The summed E-state index contributed by atoms with van der Waals surface area (Å²) < 4.78 is 0. The minimum Gasteiger partial charge on any atom is -0.175 e. The molecule has 0 amide bonds. The monoisotopic (exact) mass is 264 g/mol. The first kappa shape index (κ1) is 15.6. The Morgan fingerprint density at radius 2 is 1.33 bits per heavy atom. The van der Waals surface area contributed by atoms with E-state index in [2.05, 4.69) is 43.8 Å². The summed E-state index contributed by atoms with van der Waals surface area (Å²) in [6.07, 6.45) is 12.4. The van der Waals surface area contributed by atoms with E-state index in [0.29, 0.717) is 0 Å². The number of hydrogen-bond acceptors (Lipinski definition) is 1. The first-order valence-corrected chi connectivity index (χ1v) is 8.19. The molecule has 0 saturated carbocycles. The predicted octanol–water partition coefficient (Wildman–Crippen LogP) is 5.80. The van der Waals surface area contributed by atoms with Crippen LogP contribution in [0.2, 0.25) is 0 Å². The van der Waals surface area contributed by atoms with Crippen molar-refractivity contribution in [2.75, 3.05) is 0 Å². The van der Waals surface area contributed by atoms with Crippen molar-refractivity contribution in [3.8, 4) is 0 Å². The Kier molecular flexibility index (Phi) is 9.11. The molecule has 0 aliphatic carbocycles. The zero-order valence-corrected chi connectivity index (χ0v) is 12.7. The number of thiol groups is 1. The zero-order chi connectivity index (χ0) is 13.1. The maximum Gasteiger partial charge on any atom is 0.0157 e. The van der Waals surface area contributed by atoms with Crippen molar-refractivity contribution >= 4 is 12.6 Å². The molecule has 1 aromatic carbocycles. The Balaban J connectivity index is 2.07. The lowest BCUT2D eigenvalue weighted by Crippen LogP contribution is -1.92. The van der Waals surface area contributed by atoms with E-state index in [1.807, 2.05) is 0 Å². The maximum absolute atomic E-state index is 4.39. The lowest BCUT2D eigenvalue weighted by molar-refractivity contribution is 0.575. The number of hydrogen-bond donors (Lipinski definition) is 1. The number of aryl methyl sites for hydroxylation is 1. The van der Waals surface area contributed by atoms with Crippen LogP contribution >= 0.6 is 12.6 Å². The molecule has 1 rings (SSSR count). The van der Waals surface area contributed by atoms with E-state index >= 15 is 0 Å². The summed E-state index contributed by atoms with van der Waals surface area (Å²) in [4.78, 5) is 0. The van der Waals surface area contributed by atoms with Crippen LogP contribution in [0, 0.1) is 0 Å². The molecule has 1 aromatic rings. The van der Waals surface area contributed by atoms with E-state index in [0.717, 1.165) is 5.75 Å². The minimum absolute atomic E-state index is 0.868. The summed E-state index contributed by atoms with van der Waals surface area (Å²) in [6, 6.07) is 8.72. The van der Waals surface area contributed by atoms with Gasteiger partial charge in [-0.2, -0.15) is 12.6 Å². The Morgan fingerprint density at radius 1 is 0.778 bits per heavy atom. The Morgan fingerprint density at radius 3 is 1.94 bits per heavy atom. The Hall–Kier alpha value is -0.430. The van der Waals surface area contributed by atoms with Gasteiger partial charge in [0, 0.05) is 5.75 Å². The highest BCUT2D eigenvalue weighted by molar-refractivity contribution is 7.79. The topological polar surface area (TPSA) is 0 Å². The Labute approximate surface area is 119 Å². The van der Waals surface area contributed by atoms with E-state index in [1.165, 1.54) is 68.9 Å². The number of rotatable bonds is 10. The summed E-state index contributed by atoms with van der Waals surface area (Å²) in [5.74, 6) is 0.868. The van der Waals surface area contributed by atoms with E-state index in [4.69, 9.17) is 0 Å². The molecule has 0 aliphatic heterocycles. The molecule has 0 saturated heterocycles. The fraction of sp³-hybridized carbons (Fsp3) is 0.647. The molecule has 0 bridgehead atoms. The molecule has 0 N–H and O–H groups in total. The van der Waals surface area contributed by atoms with Crippen molar-refractivity contribution in [2.45, 2.75) is 70.5 Å². The third kappa shape index (κ3) is 6.49. The maximum atomic E-state index is 4.39. The average Bonchev–Trinajstić information content (AvgIpc) is 2.42. The molecule has 0 aliphatic rings. The van der Waals surface area contributed by atoms with Crippen LogP contribution in [0.1, 0.15) is 69.4 Å². The third-order valence-electron chi connectivity index (χ3n) is 3.59. The van der Waals surface area contributed by atoms with Gasteiger partial charge in [-0.1, -0.05) is 76.1 Å². The second-order valence-electron chi connectivity index (χ2n) is 5.15. The molecule has 0 spiro atoms. The lowest BCUT2D eigenvalue weighted by atomic mass is 10.0. The summed E-state index contributed by atoms with van der Waals surface area (Å²) in [5, 5.41) is 0. The van der Waals surface area contributed by atoms with Crippen molar-refractivity contribution in [3.05, 3.63) is 35.4 Å². The molecule has 0 heterocycles. The van der Waals surface area contributed by atoms with Crippen LogP contribution in [0.25, 0.3) is 0 Å². The lowest BCUT2D eigenvalue weighted by Gasteiger charge is -2.07. The molecule has 1 heteroatoms. The Bertz CT molecular complexity index is 306. The van der Waals surface area contributed by atoms with Gasteiger partial charge < -0.3 is 0 Å². The summed E-state index contributed by atoms with van der Waals surface area (Å²) >= 11 is 4.39. The first-order chi connectivity index (χ1) is 8.88. The van der Waals surface area contributed by atoms with Gasteiger partial charge in [0.1, 0.15) is 0 Å². The summed E-state index contributed by atoms with van der Waals surface area (Å²) in [7, 11) is 0.